The summed E-state index contributed by atoms with van der Waals surface area (Å²) in [4.78, 5) is 4.37. The molecular weight excluding hydrogens is 367 g/mol. The first-order valence-corrected chi connectivity index (χ1v) is 6.88. The Hall–Kier alpha value is -0.790. The Labute approximate surface area is 138 Å². The molecule has 1 atom stereocenters. The average molecular weight is 394 g/mol. The van der Waals surface area contributed by atoms with Crippen molar-refractivity contribution in [3.63, 3.8) is 0 Å². The fourth-order valence-electron chi connectivity index (χ4n) is 2.07. The van der Waals surface area contributed by atoms with Gasteiger partial charge in [-0.2, -0.15) is 0 Å². The Bertz CT molecular complexity index is 409. The predicted molar refractivity (Wildman–Crippen MR) is 93.8 cm³/mol. The number of hydrogen-bond acceptors (Lipinski definition) is 3. The molecule has 3 N–H and O–H groups in total. The molecule has 0 fully saturated rings. The monoisotopic (exact) mass is 394 g/mol. The summed E-state index contributed by atoms with van der Waals surface area (Å²) in [5.41, 5.74) is 7.91. The summed E-state index contributed by atoms with van der Waals surface area (Å²) >= 11 is 0. The van der Waals surface area contributed by atoms with Crippen LogP contribution >= 0.6 is 24.0 Å². The summed E-state index contributed by atoms with van der Waals surface area (Å²) in [5, 5.41) is 7.10. The van der Waals surface area contributed by atoms with Crippen molar-refractivity contribution in [2.24, 2.45) is 16.6 Å². The van der Waals surface area contributed by atoms with Crippen molar-refractivity contribution in [3.8, 4) is 0 Å². The molecule has 116 valence electrons. The average Bonchev–Trinajstić information content (AvgIpc) is 2.65. The van der Waals surface area contributed by atoms with E-state index in [9.17, 15) is 0 Å². The SMILES string of the molecule is Cc1noc(C)c1C(C)CN=C(N)NCCC(C)C.I. The number of hydrogen-bond donors (Lipinski definition) is 2. The van der Waals surface area contributed by atoms with Crippen LogP contribution in [-0.4, -0.2) is 24.2 Å². The normalized spacial score (nSPS) is 13.2. The molecule has 0 saturated carbocycles. The van der Waals surface area contributed by atoms with Gasteiger partial charge in [-0.1, -0.05) is 25.9 Å². The standard InChI is InChI=1S/C14H26N4O.HI/c1-9(2)6-7-16-14(15)17-8-10(3)13-11(4)18-19-12(13)5;/h9-10H,6-8H2,1-5H3,(H3,15,16,17);1H. The molecule has 5 nitrogen and oxygen atoms in total. The first-order valence-electron chi connectivity index (χ1n) is 6.88. The highest BCUT2D eigenvalue weighted by atomic mass is 127. The number of aliphatic imine (C=N–C) groups is 1. The van der Waals surface area contributed by atoms with Crippen LogP contribution in [0.1, 0.15) is 50.1 Å². The zero-order chi connectivity index (χ0) is 14.4. The van der Waals surface area contributed by atoms with Crippen molar-refractivity contribution in [3.05, 3.63) is 17.0 Å². The molecule has 0 aromatic carbocycles. The summed E-state index contributed by atoms with van der Waals surface area (Å²) in [6.07, 6.45) is 1.09. The first kappa shape index (κ1) is 19.2. The molecule has 0 aliphatic heterocycles. The second-order valence-electron chi connectivity index (χ2n) is 5.47. The molecule has 0 aliphatic rings. The van der Waals surface area contributed by atoms with Gasteiger partial charge in [-0.15, -0.1) is 24.0 Å². The second-order valence-corrected chi connectivity index (χ2v) is 5.47. The van der Waals surface area contributed by atoms with Crippen molar-refractivity contribution in [2.45, 2.75) is 47.0 Å². The molecule has 1 aromatic heterocycles. The number of guanidine groups is 1. The van der Waals surface area contributed by atoms with Gasteiger partial charge in [-0.25, -0.2) is 0 Å². The van der Waals surface area contributed by atoms with Crippen molar-refractivity contribution < 1.29 is 4.52 Å². The lowest BCUT2D eigenvalue weighted by atomic mass is 10.00. The predicted octanol–water partition coefficient (Wildman–Crippen LogP) is 2.96. The van der Waals surface area contributed by atoms with Gasteiger partial charge in [-0.05, 0) is 26.2 Å². The largest absolute Gasteiger partial charge is 0.370 e. The number of halogens is 1. The molecular formula is C14H27IN4O. The molecule has 1 heterocycles. The van der Waals surface area contributed by atoms with E-state index in [1.54, 1.807) is 0 Å². The van der Waals surface area contributed by atoms with E-state index >= 15 is 0 Å². The first-order chi connectivity index (χ1) is 8.91. The van der Waals surface area contributed by atoms with Crippen LogP contribution in [0.2, 0.25) is 0 Å². The van der Waals surface area contributed by atoms with Gasteiger partial charge in [0.05, 0.1) is 5.69 Å². The molecule has 0 saturated heterocycles. The number of nitrogens with two attached hydrogens (primary N) is 1. The van der Waals surface area contributed by atoms with E-state index in [0.29, 0.717) is 18.4 Å². The molecule has 0 aliphatic carbocycles. The molecule has 1 aromatic rings. The molecule has 0 radical (unpaired) electrons. The van der Waals surface area contributed by atoms with E-state index in [1.807, 2.05) is 13.8 Å². The molecule has 0 spiro atoms. The fraction of sp³-hybridized carbons (Fsp3) is 0.714. The van der Waals surface area contributed by atoms with Gasteiger partial charge in [0.1, 0.15) is 5.76 Å². The maximum Gasteiger partial charge on any atom is 0.188 e. The Morgan fingerprint density at radius 2 is 2.00 bits per heavy atom. The Morgan fingerprint density at radius 1 is 1.35 bits per heavy atom. The summed E-state index contributed by atoms with van der Waals surface area (Å²) < 4.78 is 5.17. The number of nitrogens with zero attached hydrogens (tertiary/aromatic N) is 2. The smallest absolute Gasteiger partial charge is 0.188 e. The van der Waals surface area contributed by atoms with E-state index < -0.39 is 0 Å². The molecule has 1 unspecified atom stereocenters. The van der Waals surface area contributed by atoms with E-state index in [1.165, 1.54) is 0 Å². The Morgan fingerprint density at radius 3 is 2.50 bits per heavy atom. The van der Waals surface area contributed by atoms with Gasteiger partial charge in [0.15, 0.2) is 5.96 Å². The number of rotatable bonds is 6. The number of aryl methyl sites for hydroxylation is 2. The van der Waals surface area contributed by atoms with Crippen molar-refractivity contribution in [2.75, 3.05) is 13.1 Å². The summed E-state index contributed by atoms with van der Waals surface area (Å²) in [6.45, 7) is 11.9. The van der Waals surface area contributed by atoms with Gasteiger partial charge in [0.2, 0.25) is 0 Å². The maximum atomic E-state index is 5.84. The van der Waals surface area contributed by atoms with Crippen LogP contribution in [0.4, 0.5) is 0 Å². The quantitative estimate of drug-likeness (QED) is 0.442. The van der Waals surface area contributed by atoms with Crippen molar-refractivity contribution in [1.82, 2.24) is 10.5 Å². The highest BCUT2D eigenvalue weighted by Crippen LogP contribution is 2.22. The minimum Gasteiger partial charge on any atom is -0.370 e. The van der Waals surface area contributed by atoms with Gasteiger partial charge in [-0.3, -0.25) is 4.99 Å². The zero-order valence-corrected chi connectivity index (χ0v) is 15.4. The third-order valence-corrected chi connectivity index (χ3v) is 3.14. The summed E-state index contributed by atoms with van der Waals surface area (Å²) in [7, 11) is 0. The molecule has 0 bridgehead atoms. The molecule has 1 rings (SSSR count). The number of nitrogens with one attached hydrogen (secondary N) is 1. The lowest BCUT2D eigenvalue weighted by molar-refractivity contribution is 0.391. The van der Waals surface area contributed by atoms with Crippen LogP contribution in [0.25, 0.3) is 0 Å². The summed E-state index contributed by atoms with van der Waals surface area (Å²) in [5.74, 6) is 2.31. The van der Waals surface area contributed by atoms with Crippen LogP contribution in [-0.2, 0) is 0 Å². The highest BCUT2D eigenvalue weighted by molar-refractivity contribution is 14.0. The van der Waals surface area contributed by atoms with E-state index in [-0.39, 0.29) is 29.9 Å². The number of aromatic nitrogens is 1. The van der Waals surface area contributed by atoms with Gasteiger partial charge >= 0.3 is 0 Å². The Balaban J connectivity index is 0.00000361. The minimum absolute atomic E-state index is 0. The maximum absolute atomic E-state index is 5.84. The fourth-order valence-corrected chi connectivity index (χ4v) is 2.07. The van der Waals surface area contributed by atoms with Crippen LogP contribution in [0.5, 0.6) is 0 Å². The van der Waals surface area contributed by atoms with Crippen LogP contribution in [0, 0.1) is 19.8 Å². The van der Waals surface area contributed by atoms with Crippen LogP contribution in [0.15, 0.2) is 9.52 Å². The van der Waals surface area contributed by atoms with E-state index in [0.717, 1.165) is 30.0 Å². The van der Waals surface area contributed by atoms with Crippen LogP contribution in [0.3, 0.4) is 0 Å². The minimum atomic E-state index is 0. The second kappa shape index (κ2) is 9.20. The van der Waals surface area contributed by atoms with Gasteiger partial charge in [0, 0.05) is 24.6 Å². The zero-order valence-electron chi connectivity index (χ0n) is 13.1. The molecule has 20 heavy (non-hydrogen) atoms. The van der Waals surface area contributed by atoms with E-state index in [2.05, 4.69) is 36.2 Å². The lowest BCUT2D eigenvalue weighted by Gasteiger charge is -2.10. The van der Waals surface area contributed by atoms with Crippen molar-refractivity contribution in [1.29, 1.82) is 0 Å². The topological polar surface area (TPSA) is 76.4 Å². The summed E-state index contributed by atoms with van der Waals surface area (Å²) in [6, 6.07) is 0. The van der Waals surface area contributed by atoms with Crippen LogP contribution < -0.4 is 11.1 Å². The van der Waals surface area contributed by atoms with Crippen molar-refractivity contribution >= 4 is 29.9 Å². The van der Waals surface area contributed by atoms with E-state index in [4.69, 9.17) is 10.3 Å². The lowest BCUT2D eigenvalue weighted by Crippen LogP contribution is -2.33. The van der Waals surface area contributed by atoms with Gasteiger partial charge in [0.25, 0.3) is 0 Å². The molecule has 6 heteroatoms. The third kappa shape index (κ3) is 6.11. The van der Waals surface area contributed by atoms with Gasteiger partial charge < -0.3 is 15.6 Å². The molecule has 0 amide bonds. The Kier molecular flexibility index (Phi) is 8.84. The third-order valence-electron chi connectivity index (χ3n) is 3.14. The highest BCUT2D eigenvalue weighted by Gasteiger charge is 2.15.